The monoisotopic (exact) mass is 498 g/mol. The van der Waals surface area contributed by atoms with E-state index in [1.807, 2.05) is 0 Å². The summed E-state index contributed by atoms with van der Waals surface area (Å²) in [4.78, 5) is 37.3. The number of hydrogen-bond acceptors (Lipinski definition) is 7. The van der Waals surface area contributed by atoms with Crippen molar-refractivity contribution in [1.82, 2.24) is 15.0 Å². The van der Waals surface area contributed by atoms with Crippen LogP contribution in [0.15, 0.2) is 48.9 Å². The fraction of sp³-hybridized carbons (Fsp3) is 0.167. The number of amides is 1. The van der Waals surface area contributed by atoms with Crippen molar-refractivity contribution in [2.45, 2.75) is 12.5 Å². The lowest BCUT2D eigenvalue weighted by Gasteiger charge is -2.35. The van der Waals surface area contributed by atoms with E-state index in [1.54, 1.807) is 0 Å². The molecule has 1 amide bonds. The van der Waals surface area contributed by atoms with Gasteiger partial charge in [-0.25, -0.2) is 14.4 Å². The van der Waals surface area contributed by atoms with E-state index in [0.717, 1.165) is 0 Å². The third kappa shape index (κ3) is 3.96. The molecule has 1 atom stereocenters. The Bertz CT molecular complexity index is 1600. The summed E-state index contributed by atoms with van der Waals surface area (Å²) in [5, 5.41) is 6.13. The molecule has 11 heteroatoms. The highest BCUT2D eigenvalue weighted by Gasteiger charge is 2.39. The Kier molecular flexibility index (Phi) is 4.77. The van der Waals surface area contributed by atoms with Crippen LogP contribution >= 0.6 is 11.6 Å². The van der Waals surface area contributed by atoms with E-state index >= 15 is 0 Å². The molecule has 0 unspecified atom stereocenters. The van der Waals surface area contributed by atoms with Gasteiger partial charge in [0.15, 0.2) is 11.6 Å². The van der Waals surface area contributed by atoms with Crippen molar-refractivity contribution in [1.29, 1.82) is 0 Å². The topological polar surface area (TPSA) is 118 Å². The van der Waals surface area contributed by atoms with Crippen LogP contribution in [0.1, 0.15) is 27.0 Å². The number of aromatic nitrogens is 3. The summed E-state index contributed by atoms with van der Waals surface area (Å²) in [6.07, 6.45) is 4.24. The van der Waals surface area contributed by atoms with Crippen molar-refractivity contribution in [2.75, 3.05) is 24.3 Å². The van der Waals surface area contributed by atoms with Crippen molar-refractivity contribution in [2.24, 2.45) is 0 Å². The number of halogens is 2. The molecule has 0 fully saturated rings. The lowest BCUT2D eigenvalue weighted by Crippen LogP contribution is -2.53. The van der Waals surface area contributed by atoms with Crippen LogP contribution in [-0.4, -0.2) is 45.8 Å². The third-order valence-electron chi connectivity index (χ3n) is 5.58. The smallest absolute Gasteiger partial charge is 0.255 e. The number of carbonyl (C=O) groups excluding carboxylic acids is 2. The van der Waals surface area contributed by atoms with Gasteiger partial charge in [0.2, 0.25) is 0 Å². The number of H-pyrrole nitrogens is 1. The van der Waals surface area contributed by atoms with E-state index in [-0.39, 0.29) is 27.8 Å². The molecule has 0 aliphatic carbocycles. The number of ether oxygens (including phenoxy) is 2. The first kappa shape index (κ1) is 19.3. The van der Waals surface area contributed by atoms with Gasteiger partial charge < -0.3 is 25.1 Å². The molecule has 35 heavy (non-hydrogen) atoms. The number of rotatable bonds is 6. The first-order chi connectivity index (χ1) is 17.9. The van der Waals surface area contributed by atoms with E-state index in [1.165, 1.54) is 55.8 Å². The Morgan fingerprint density at radius 1 is 1.29 bits per heavy atom. The van der Waals surface area contributed by atoms with Crippen molar-refractivity contribution in [3.8, 4) is 11.6 Å². The van der Waals surface area contributed by atoms with Gasteiger partial charge in [-0.2, -0.15) is 0 Å². The van der Waals surface area contributed by atoms with E-state index in [0.29, 0.717) is 22.4 Å². The fourth-order valence-corrected chi connectivity index (χ4v) is 4.04. The molecule has 0 saturated carbocycles. The van der Waals surface area contributed by atoms with Crippen LogP contribution in [-0.2, 0) is 9.53 Å². The molecule has 9 nitrogen and oxygen atoms in total. The quantitative estimate of drug-likeness (QED) is 0.334. The second-order valence-corrected chi connectivity index (χ2v) is 8.44. The minimum absolute atomic E-state index is 0.0492. The number of hydrogen-bond donors (Lipinski definition) is 3. The first-order valence-corrected chi connectivity index (χ1v) is 10.7. The number of benzene rings is 1. The molecule has 1 aromatic carbocycles. The number of methoxy groups -OCH3 is 1. The number of anilines is 2. The predicted molar refractivity (Wildman–Crippen MR) is 128 cm³/mol. The first-order valence-electron chi connectivity index (χ1n) is 11.8. The van der Waals surface area contributed by atoms with Gasteiger partial charge >= 0.3 is 0 Å². The van der Waals surface area contributed by atoms with Gasteiger partial charge in [-0.05, 0) is 31.2 Å². The van der Waals surface area contributed by atoms with Gasteiger partial charge in [-0.3, -0.25) is 9.59 Å². The van der Waals surface area contributed by atoms with Crippen molar-refractivity contribution in [3.63, 3.8) is 0 Å². The van der Waals surface area contributed by atoms with Crippen molar-refractivity contribution in [3.05, 3.63) is 70.9 Å². The van der Waals surface area contributed by atoms with E-state index < -0.39 is 36.7 Å². The number of aromatic amines is 1. The second kappa shape index (κ2) is 8.64. The highest BCUT2D eigenvalue weighted by atomic mass is 35.5. The molecule has 0 bridgehead atoms. The number of nitrogens with one attached hydrogen (secondary N) is 3. The molecule has 178 valence electrons. The van der Waals surface area contributed by atoms with Crippen LogP contribution in [0.3, 0.4) is 0 Å². The van der Waals surface area contributed by atoms with Gasteiger partial charge in [-0.1, -0.05) is 11.6 Å². The Balaban J connectivity index is 1.49. The molecule has 3 aromatic heterocycles. The van der Waals surface area contributed by atoms with Crippen LogP contribution in [0.2, 0.25) is 5.02 Å². The Labute approximate surface area is 207 Å². The largest absolute Gasteiger partial charge is 0.436 e. The summed E-state index contributed by atoms with van der Waals surface area (Å²) in [6, 6.07) is 6.88. The maximum Gasteiger partial charge on any atom is 0.255 e. The number of ketones is 1. The van der Waals surface area contributed by atoms with Crippen molar-refractivity contribution < 1.29 is 27.6 Å². The lowest BCUT2D eigenvalue weighted by molar-refractivity contribution is -0.121. The Morgan fingerprint density at radius 2 is 2.14 bits per heavy atom. The van der Waals surface area contributed by atoms with Crippen LogP contribution in [0.4, 0.5) is 15.8 Å². The van der Waals surface area contributed by atoms with Crippen LogP contribution in [0.25, 0.3) is 11.0 Å². The highest BCUT2D eigenvalue weighted by molar-refractivity contribution is 6.36. The maximum atomic E-state index is 13.9. The average molecular weight is 499 g/mol. The molecular weight excluding hydrogens is 477 g/mol. The molecular formula is C24H19ClFN5O4. The van der Waals surface area contributed by atoms with E-state index in [9.17, 15) is 14.0 Å². The van der Waals surface area contributed by atoms with Gasteiger partial charge in [0, 0.05) is 31.1 Å². The minimum atomic E-state index is -2.71. The summed E-state index contributed by atoms with van der Waals surface area (Å²) >= 11 is 6.41. The summed E-state index contributed by atoms with van der Waals surface area (Å²) in [7, 11) is -2.71. The van der Waals surface area contributed by atoms with Crippen LogP contribution in [0.5, 0.6) is 11.6 Å². The Hall–Kier alpha value is -4.02. The zero-order valence-corrected chi connectivity index (χ0v) is 18.9. The molecule has 1 aliphatic heterocycles. The summed E-state index contributed by atoms with van der Waals surface area (Å²) in [5.74, 6) is -1.71. The number of pyridine rings is 2. The average Bonchev–Trinajstić information content (AvgIpc) is 3.29. The van der Waals surface area contributed by atoms with E-state index in [4.69, 9.17) is 25.2 Å². The lowest BCUT2D eigenvalue weighted by atomic mass is 9.96. The predicted octanol–water partition coefficient (Wildman–Crippen LogP) is 4.54. The molecule has 4 aromatic rings. The van der Waals surface area contributed by atoms with Gasteiger partial charge in [0.05, 0.1) is 44.3 Å². The molecule has 0 radical (unpaired) electrons. The number of carbonyl (C=O) groups is 2. The molecule has 3 N–H and O–H groups in total. The molecule has 5 rings (SSSR count). The zero-order chi connectivity index (χ0) is 27.2. The fourth-order valence-electron chi connectivity index (χ4n) is 3.78. The van der Waals surface area contributed by atoms with Crippen LogP contribution in [0, 0.1) is 5.82 Å². The van der Waals surface area contributed by atoms with E-state index in [2.05, 4.69) is 25.6 Å². The number of nitrogens with zero attached hydrogens (tertiary/aromatic N) is 2. The maximum absolute atomic E-state index is 13.9. The third-order valence-corrected chi connectivity index (χ3v) is 5.89. The van der Waals surface area contributed by atoms with Crippen molar-refractivity contribution >= 4 is 45.7 Å². The summed E-state index contributed by atoms with van der Waals surface area (Å²) in [5.41, 5.74) is -0.125. The zero-order valence-electron chi connectivity index (χ0n) is 21.1. The van der Waals surface area contributed by atoms with Gasteiger partial charge in [-0.15, -0.1) is 0 Å². The standard InChI is InChI=1S/C24H19ClFN5O4/c1-24(11-34-2)23(33)30-17-10-29-21-18(19(17)31-24)14(9-28-21)20(32)13-6-5-12(8-15(13)25)35-22-16(26)4-3-7-27-22/h3-10,31H,11H2,1-2H3,(H,28,29)(H,30,33)/t24-/m0/s1/i2D3. The minimum Gasteiger partial charge on any atom is -0.436 e. The highest BCUT2D eigenvalue weighted by Crippen LogP contribution is 2.39. The molecule has 0 saturated heterocycles. The SMILES string of the molecule is [2H]C([2H])([2H])OC[C@]1(C)Nc2c(cnc3[nH]cc(C(=O)c4ccc(Oc5ncccc5F)cc4Cl)c23)NC1=O. The molecule has 4 heterocycles. The van der Waals surface area contributed by atoms with Gasteiger partial charge in [0.1, 0.15) is 16.9 Å². The Morgan fingerprint density at radius 3 is 2.91 bits per heavy atom. The normalized spacial score (nSPS) is 18.6. The van der Waals surface area contributed by atoms with Gasteiger partial charge in [0.25, 0.3) is 11.8 Å². The molecule has 1 aliphatic rings. The second-order valence-electron chi connectivity index (χ2n) is 8.04. The molecule has 0 spiro atoms. The van der Waals surface area contributed by atoms with Crippen LogP contribution < -0.4 is 15.4 Å². The summed E-state index contributed by atoms with van der Waals surface area (Å²) in [6.45, 7) is 1.02. The summed E-state index contributed by atoms with van der Waals surface area (Å²) < 4.78 is 46.1. The number of fused-ring (bicyclic) bond motifs is 3.